The van der Waals surface area contributed by atoms with Crippen LogP contribution in [0.15, 0.2) is 59.8 Å². The number of hydrogen-bond donors (Lipinski definition) is 1. The molecule has 0 aliphatic heterocycles. The lowest BCUT2D eigenvalue weighted by molar-refractivity contribution is -0.385. The highest BCUT2D eigenvalue weighted by Crippen LogP contribution is 2.26. The van der Waals surface area contributed by atoms with Gasteiger partial charge < -0.3 is 0 Å². The minimum atomic E-state index is -0.372. The molecule has 0 amide bonds. The highest BCUT2D eigenvalue weighted by Gasteiger charge is 2.13. The fourth-order valence-electron chi connectivity index (χ4n) is 1.99. The molecule has 0 aliphatic carbocycles. The Morgan fingerprint density at radius 1 is 1.09 bits per heavy atom. The molecule has 1 aromatic heterocycles. The van der Waals surface area contributed by atoms with E-state index < -0.39 is 0 Å². The lowest BCUT2D eigenvalue weighted by Crippen LogP contribution is -1.93. The average Bonchev–Trinajstić information content (AvgIpc) is 3.03. The van der Waals surface area contributed by atoms with E-state index in [4.69, 9.17) is 0 Å². The van der Waals surface area contributed by atoms with Gasteiger partial charge in [-0.1, -0.05) is 60.3 Å². The van der Waals surface area contributed by atoms with Crippen LogP contribution in [0.3, 0.4) is 0 Å². The highest BCUT2D eigenvalue weighted by molar-refractivity contribution is 7.98. The van der Waals surface area contributed by atoms with Gasteiger partial charge in [-0.25, -0.2) is 4.98 Å². The maximum Gasteiger partial charge on any atom is 0.273 e. The molecule has 110 valence electrons. The average molecular weight is 312 g/mol. The fourth-order valence-corrected chi connectivity index (χ4v) is 2.78. The smallest absolute Gasteiger partial charge is 0.258 e. The Kier molecular flexibility index (Phi) is 4.15. The van der Waals surface area contributed by atoms with Crippen LogP contribution in [0.2, 0.25) is 0 Å². The summed E-state index contributed by atoms with van der Waals surface area (Å²) in [4.78, 5) is 15.0. The van der Waals surface area contributed by atoms with Crippen molar-refractivity contribution in [3.8, 4) is 11.4 Å². The predicted molar refractivity (Wildman–Crippen MR) is 84.5 cm³/mol. The summed E-state index contributed by atoms with van der Waals surface area (Å²) in [5.74, 6) is 1.13. The van der Waals surface area contributed by atoms with Crippen LogP contribution >= 0.6 is 11.8 Å². The first kappa shape index (κ1) is 14.3. The van der Waals surface area contributed by atoms with Gasteiger partial charge in [0.1, 0.15) is 0 Å². The molecule has 1 N–H and O–H groups in total. The minimum absolute atomic E-state index is 0.119. The van der Waals surface area contributed by atoms with Gasteiger partial charge in [-0.05, 0) is 0 Å². The van der Waals surface area contributed by atoms with Crippen molar-refractivity contribution < 1.29 is 4.92 Å². The third kappa shape index (κ3) is 3.15. The number of hydrogen-bond acceptors (Lipinski definition) is 5. The first-order valence-electron chi connectivity index (χ1n) is 6.57. The lowest BCUT2D eigenvalue weighted by Gasteiger charge is -2.00. The van der Waals surface area contributed by atoms with Crippen molar-refractivity contribution in [2.75, 3.05) is 0 Å². The van der Waals surface area contributed by atoms with E-state index in [0.29, 0.717) is 22.3 Å². The van der Waals surface area contributed by atoms with Crippen molar-refractivity contribution in [3.05, 3.63) is 70.3 Å². The second-order valence-electron chi connectivity index (χ2n) is 4.51. The Morgan fingerprint density at radius 3 is 2.59 bits per heavy atom. The number of nitrogens with one attached hydrogen (secondary N) is 1. The number of nitrogens with zero attached hydrogens (tertiary/aromatic N) is 3. The molecular weight excluding hydrogens is 300 g/mol. The monoisotopic (exact) mass is 312 g/mol. The molecule has 0 unspecified atom stereocenters. The van der Waals surface area contributed by atoms with Crippen LogP contribution in [-0.4, -0.2) is 20.1 Å². The second kappa shape index (κ2) is 6.40. The van der Waals surface area contributed by atoms with E-state index in [1.165, 1.54) is 17.8 Å². The van der Waals surface area contributed by atoms with Crippen molar-refractivity contribution >= 4 is 17.4 Å². The molecule has 3 aromatic rings. The molecule has 0 radical (unpaired) electrons. The molecule has 2 aromatic carbocycles. The topological polar surface area (TPSA) is 84.7 Å². The molecule has 0 atom stereocenters. The lowest BCUT2D eigenvalue weighted by atomic mass is 10.2. The molecule has 0 spiro atoms. The van der Waals surface area contributed by atoms with E-state index in [0.717, 1.165) is 5.56 Å². The number of para-hydroxylation sites is 1. The van der Waals surface area contributed by atoms with E-state index in [1.807, 2.05) is 30.3 Å². The molecule has 0 fully saturated rings. The van der Waals surface area contributed by atoms with Gasteiger partial charge in [0.05, 0.1) is 4.92 Å². The molecule has 22 heavy (non-hydrogen) atoms. The SMILES string of the molecule is O=[N+]([O-])c1ccccc1CSc1n[nH]c(-c2ccccc2)n1. The summed E-state index contributed by atoms with van der Waals surface area (Å²) in [6, 6.07) is 16.4. The van der Waals surface area contributed by atoms with Crippen LogP contribution in [0.1, 0.15) is 5.56 Å². The van der Waals surface area contributed by atoms with E-state index >= 15 is 0 Å². The maximum atomic E-state index is 11.0. The van der Waals surface area contributed by atoms with Crippen molar-refractivity contribution in [2.24, 2.45) is 0 Å². The molecule has 7 heteroatoms. The molecular formula is C15H12N4O2S. The Labute approximate surface area is 130 Å². The molecule has 0 bridgehead atoms. The third-order valence-corrected chi connectivity index (χ3v) is 3.95. The van der Waals surface area contributed by atoms with Crippen LogP contribution in [-0.2, 0) is 5.75 Å². The summed E-state index contributed by atoms with van der Waals surface area (Å²) >= 11 is 1.36. The summed E-state index contributed by atoms with van der Waals surface area (Å²) in [5, 5.41) is 18.6. The van der Waals surface area contributed by atoms with Crippen LogP contribution in [0.25, 0.3) is 11.4 Å². The summed E-state index contributed by atoms with van der Waals surface area (Å²) < 4.78 is 0. The predicted octanol–water partition coefficient (Wildman–Crippen LogP) is 3.67. The number of benzene rings is 2. The van der Waals surface area contributed by atoms with Gasteiger partial charge in [-0.3, -0.25) is 15.2 Å². The quantitative estimate of drug-likeness (QED) is 0.441. The number of aromatic amines is 1. The van der Waals surface area contributed by atoms with Crippen LogP contribution in [0.5, 0.6) is 0 Å². The number of thioether (sulfide) groups is 1. The Bertz CT molecular complexity index is 789. The van der Waals surface area contributed by atoms with Crippen LogP contribution in [0.4, 0.5) is 5.69 Å². The van der Waals surface area contributed by atoms with Crippen molar-refractivity contribution in [1.29, 1.82) is 0 Å². The molecule has 0 aliphatic rings. The zero-order valence-electron chi connectivity index (χ0n) is 11.5. The van der Waals surface area contributed by atoms with Gasteiger partial charge >= 0.3 is 0 Å². The summed E-state index contributed by atoms with van der Waals surface area (Å²) in [6.45, 7) is 0. The van der Waals surface area contributed by atoms with E-state index in [9.17, 15) is 10.1 Å². The Morgan fingerprint density at radius 2 is 1.82 bits per heavy atom. The Balaban J connectivity index is 1.73. The highest BCUT2D eigenvalue weighted by atomic mass is 32.2. The zero-order chi connectivity index (χ0) is 15.4. The fraction of sp³-hybridized carbons (Fsp3) is 0.0667. The van der Waals surface area contributed by atoms with Crippen molar-refractivity contribution in [3.63, 3.8) is 0 Å². The zero-order valence-corrected chi connectivity index (χ0v) is 12.3. The number of H-pyrrole nitrogens is 1. The molecule has 0 saturated carbocycles. The molecule has 1 heterocycles. The Hall–Kier alpha value is -2.67. The molecule has 0 saturated heterocycles. The van der Waals surface area contributed by atoms with Gasteiger partial charge in [0.15, 0.2) is 5.82 Å². The van der Waals surface area contributed by atoms with Gasteiger partial charge in [0, 0.05) is 22.9 Å². The second-order valence-corrected chi connectivity index (χ2v) is 5.45. The summed E-state index contributed by atoms with van der Waals surface area (Å²) in [6.07, 6.45) is 0. The van der Waals surface area contributed by atoms with E-state index in [-0.39, 0.29) is 10.6 Å². The number of nitro benzene ring substituents is 1. The summed E-state index contributed by atoms with van der Waals surface area (Å²) in [7, 11) is 0. The largest absolute Gasteiger partial charge is 0.273 e. The summed E-state index contributed by atoms with van der Waals surface area (Å²) in [5.41, 5.74) is 1.73. The first-order valence-corrected chi connectivity index (χ1v) is 7.55. The van der Waals surface area contributed by atoms with Gasteiger partial charge in [-0.2, -0.15) is 0 Å². The number of rotatable bonds is 5. The first-order chi connectivity index (χ1) is 10.7. The number of aromatic nitrogens is 3. The van der Waals surface area contributed by atoms with Crippen LogP contribution < -0.4 is 0 Å². The van der Waals surface area contributed by atoms with Gasteiger partial charge in [-0.15, -0.1) is 5.10 Å². The van der Waals surface area contributed by atoms with Gasteiger partial charge in [0.2, 0.25) is 5.16 Å². The molecule has 3 rings (SSSR count). The van der Waals surface area contributed by atoms with Crippen molar-refractivity contribution in [1.82, 2.24) is 15.2 Å². The van der Waals surface area contributed by atoms with Crippen LogP contribution in [0, 0.1) is 10.1 Å². The molecule has 6 nitrogen and oxygen atoms in total. The van der Waals surface area contributed by atoms with Gasteiger partial charge in [0.25, 0.3) is 5.69 Å². The standard InChI is InChI=1S/C15H12N4O2S/c20-19(21)13-9-5-4-8-12(13)10-22-15-16-14(17-18-15)11-6-2-1-3-7-11/h1-9H,10H2,(H,16,17,18). The minimum Gasteiger partial charge on any atom is -0.258 e. The van der Waals surface area contributed by atoms with E-state index in [2.05, 4.69) is 15.2 Å². The number of nitro groups is 1. The van der Waals surface area contributed by atoms with E-state index in [1.54, 1.807) is 18.2 Å². The normalized spacial score (nSPS) is 10.5. The maximum absolute atomic E-state index is 11.0. The third-order valence-electron chi connectivity index (χ3n) is 3.06. The van der Waals surface area contributed by atoms with Crippen molar-refractivity contribution in [2.45, 2.75) is 10.9 Å².